The SMILES string of the molecule is C=CC(=O)N1CCC[C@@H](N(C)c2nnc(C(N)=O)c(Nc3ccc(C(=O)OCc4ccccc4)c(C(=O)OCc4ccccc4)c3)n2)C1. The number of esters is 2. The van der Waals surface area contributed by atoms with Gasteiger partial charge in [0.25, 0.3) is 5.91 Å². The molecule has 2 heterocycles. The van der Waals surface area contributed by atoms with Gasteiger partial charge in [-0.15, -0.1) is 10.2 Å². The summed E-state index contributed by atoms with van der Waals surface area (Å²) >= 11 is 0. The Bertz CT molecular complexity index is 1800. The van der Waals surface area contributed by atoms with Crippen molar-refractivity contribution in [2.45, 2.75) is 32.1 Å². The lowest BCUT2D eigenvalue weighted by atomic mass is 10.0. The second kappa shape index (κ2) is 15.5. The van der Waals surface area contributed by atoms with Crippen LogP contribution in [0.15, 0.2) is 91.5 Å². The van der Waals surface area contributed by atoms with Crippen molar-refractivity contribution in [1.82, 2.24) is 20.1 Å². The molecule has 1 fully saturated rings. The highest BCUT2D eigenvalue weighted by Gasteiger charge is 2.28. The molecule has 1 atom stereocenters. The van der Waals surface area contributed by atoms with Crippen LogP contribution >= 0.6 is 0 Å². The van der Waals surface area contributed by atoms with Gasteiger partial charge in [0, 0.05) is 31.9 Å². The summed E-state index contributed by atoms with van der Waals surface area (Å²) in [7, 11) is 1.77. The summed E-state index contributed by atoms with van der Waals surface area (Å²) < 4.78 is 11.1. The molecule has 13 heteroatoms. The van der Waals surface area contributed by atoms with Crippen molar-refractivity contribution < 1.29 is 28.7 Å². The number of anilines is 3. The molecule has 4 aromatic rings. The van der Waals surface area contributed by atoms with Crippen LogP contribution in [0.4, 0.5) is 17.5 Å². The summed E-state index contributed by atoms with van der Waals surface area (Å²) in [5, 5.41) is 11.1. The van der Waals surface area contributed by atoms with Gasteiger partial charge in [-0.3, -0.25) is 9.59 Å². The number of ether oxygens (including phenoxy) is 2. The molecule has 1 saturated heterocycles. The second-order valence-electron chi connectivity index (χ2n) is 11.1. The summed E-state index contributed by atoms with van der Waals surface area (Å²) in [6.45, 7) is 4.60. The molecule has 13 nitrogen and oxygen atoms in total. The molecule has 0 radical (unpaired) electrons. The molecule has 0 spiro atoms. The van der Waals surface area contributed by atoms with Crippen LogP contribution in [0.25, 0.3) is 0 Å². The van der Waals surface area contributed by atoms with Crippen LogP contribution in [0.3, 0.4) is 0 Å². The average molecular weight is 650 g/mol. The van der Waals surface area contributed by atoms with E-state index in [0.29, 0.717) is 18.8 Å². The smallest absolute Gasteiger partial charge is 0.339 e. The van der Waals surface area contributed by atoms with Crippen LogP contribution in [-0.4, -0.2) is 70.0 Å². The van der Waals surface area contributed by atoms with Crippen molar-refractivity contribution in [2.75, 3.05) is 30.4 Å². The minimum absolute atomic E-state index is 0.00352. The van der Waals surface area contributed by atoms with Crippen LogP contribution in [0.5, 0.6) is 0 Å². The number of likely N-dealkylation sites (N-methyl/N-ethyl adjacent to an activating group) is 1. The minimum atomic E-state index is -0.879. The largest absolute Gasteiger partial charge is 0.457 e. The van der Waals surface area contributed by atoms with Gasteiger partial charge in [-0.05, 0) is 48.2 Å². The van der Waals surface area contributed by atoms with Gasteiger partial charge in [0.15, 0.2) is 11.5 Å². The molecular formula is C35H35N7O6. The Labute approximate surface area is 277 Å². The summed E-state index contributed by atoms with van der Waals surface area (Å²) in [6.07, 6.45) is 2.83. The quantitative estimate of drug-likeness (QED) is 0.168. The average Bonchev–Trinajstić information content (AvgIpc) is 3.13. The predicted octanol–water partition coefficient (Wildman–Crippen LogP) is 4.04. The van der Waals surface area contributed by atoms with E-state index in [0.717, 1.165) is 24.0 Å². The molecule has 0 aliphatic carbocycles. The maximum atomic E-state index is 13.4. The Hall–Kier alpha value is -6.11. The van der Waals surface area contributed by atoms with E-state index < -0.39 is 17.8 Å². The summed E-state index contributed by atoms with van der Waals surface area (Å²) in [5.74, 6) is -2.36. The molecule has 1 aliphatic heterocycles. The van der Waals surface area contributed by atoms with Crippen LogP contribution in [0, 0.1) is 0 Å². The first kappa shape index (κ1) is 33.3. The number of nitrogens with one attached hydrogen (secondary N) is 1. The van der Waals surface area contributed by atoms with Gasteiger partial charge in [0.05, 0.1) is 11.1 Å². The molecular weight excluding hydrogens is 614 g/mol. The fraction of sp³-hybridized carbons (Fsp3) is 0.229. The summed E-state index contributed by atoms with van der Waals surface area (Å²) in [4.78, 5) is 59.2. The summed E-state index contributed by atoms with van der Waals surface area (Å²) in [5.41, 5.74) is 7.11. The summed E-state index contributed by atoms with van der Waals surface area (Å²) in [6, 6.07) is 22.5. The Morgan fingerprint density at radius 2 is 1.56 bits per heavy atom. The molecule has 1 aliphatic rings. The molecule has 2 amide bonds. The van der Waals surface area contributed by atoms with Gasteiger partial charge in [-0.1, -0.05) is 67.2 Å². The van der Waals surface area contributed by atoms with E-state index in [1.54, 1.807) is 16.8 Å². The normalized spacial score (nSPS) is 14.0. The van der Waals surface area contributed by atoms with Crippen molar-refractivity contribution in [3.8, 4) is 0 Å². The van der Waals surface area contributed by atoms with Crippen LogP contribution in [0.1, 0.15) is 55.2 Å². The Kier molecular flexibility index (Phi) is 10.7. The molecule has 48 heavy (non-hydrogen) atoms. The lowest BCUT2D eigenvalue weighted by Gasteiger charge is -2.37. The van der Waals surface area contributed by atoms with Gasteiger partial charge in [0.2, 0.25) is 11.9 Å². The Morgan fingerprint density at radius 3 is 2.17 bits per heavy atom. The third kappa shape index (κ3) is 8.18. The van der Waals surface area contributed by atoms with Crippen molar-refractivity contribution in [3.63, 3.8) is 0 Å². The maximum absolute atomic E-state index is 13.4. The number of carbonyl (C=O) groups excluding carboxylic acids is 4. The van der Waals surface area contributed by atoms with Gasteiger partial charge in [-0.2, -0.15) is 4.98 Å². The third-order valence-corrected chi connectivity index (χ3v) is 7.80. The monoisotopic (exact) mass is 649 g/mol. The molecule has 246 valence electrons. The van der Waals surface area contributed by atoms with E-state index in [-0.39, 0.29) is 53.7 Å². The molecule has 5 rings (SSSR count). The van der Waals surface area contributed by atoms with Gasteiger partial charge in [0.1, 0.15) is 13.2 Å². The zero-order valence-electron chi connectivity index (χ0n) is 26.4. The standard InChI is InChI=1S/C35H35N7O6/c1-3-29(43)42-18-10-15-26(20-42)41(2)35-38-32(30(31(36)44)39-40-35)37-25-16-17-27(33(45)47-21-23-11-6-4-7-12-23)28(19-25)34(46)48-22-24-13-8-5-9-14-24/h3-9,11-14,16-17,19,26H,1,10,15,18,20-22H2,2H3,(H2,36,44)(H,37,38,40)/t26-/m1/s1. The first-order valence-electron chi connectivity index (χ1n) is 15.3. The number of piperidine rings is 1. The fourth-order valence-corrected chi connectivity index (χ4v) is 5.19. The highest BCUT2D eigenvalue weighted by atomic mass is 16.5. The number of hydrogen-bond acceptors (Lipinski definition) is 11. The molecule has 0 unspecified atom stereocenters. The van der Waals surface area contributed by atoms with Crippen molar-refractivity contribution in [2.24, 2.45) is 5.73 Å². The first-order valence-corrected chi connectivity index (χ1v) is 15.3. The van der Waals surface area contributed by atoms with E-state index in [1.165, 1.54) is 24.3 Å². The number of amides is 2. The highest BCUT2D eigenvalue weighted by molar-refractivity contribution is 6.04. The van der Waals surface area contributed by atoms with E-state index in [9.17, 15) is 19.2 Å². The number of carbonyl (C=O) groups is 4. The topological polar surface area (TPSA) is 170 Å². The van der Waals surface area contributed by atoms with Crippen LogP contribution < -0.4 is 16.0 Å². The van der Waals surface area contributed by atoms with Crippen LogP contribution in [-0.2, 0) is 27.5 Å². The predicted molar refractivity (Wildman–Crippen MR) is 177 cm³/mol. The third-order valence-electron chi connectivity index (χ3n) is 7.80. The second-order valence-corrected chi connectivity index (χ2v) is 11.1. The minimum Gasteiger partial charge on any atom is -0.457 e. The Balaban J connectivity index is 1.42. The number of rotatable bonds is 12. The molecule has 3 N–H and O–H groups in total. The number of nitrogens with zero attached hydrogens (tertiary/aromatic N) is 5. The van der Waals surface area contributed by atoms with E-state index in [4.69, 9.17) is 15.2 Å². The van der Waals surface area contributed by atoms with Gasteiger partial charge < -0.3 is 30.3 Å². The fourth-order valence-electron chi connectivity index (χ4n) is 5.19. The first-order chi connectivity index (χ1) is 23.2. The Morgan fingerprint density at radius 1 is 0.938 bits per heavy atom. The number of nitrogens with two attached hydrogens (primary N) is 1. The number of hydrogen-bond donors (Lipinski definition) is 2. The zero-order chi connectivity index (χ0) is 34.0. The lowest BCUT2D eigenvalue weighted by molar-refractivity contribution is -0.127. The maximum Gasteiger partial charge on any atom is 0.339 e. The highest BCUT2D eigenvalue weighted by Crippen LogP contribution is 2.25. The number of benzene rings is 3. The van der Waals surface area contributed by atoms with Crippen molar-refractivity contribution in [3.05, 3.63) is 119 Å². The van der Waals surface area contributed by atoms with E-state index >= 15 is 0 Å². The van der Waals surface area contributed by atoms with Crippen molar-refractivity contribution >= 4 is 41.2 Å². The van der Waals surface area contributed by atoms with Crippen molar-refractivity contribution in [1.29, 1.82) is 0 Å². The number of likely N-dealkylation sites (tertiary alicyclic amines) is 1. The van der Waals surface area contributed by atoms with E-state index in [2.05, 4.69) is 27.1 Å². The van der Waals surface area contributed by atoms with Gasteiger partial charge >= 0.3 is 11.9 Å². The number of aromatic nitrogens is 3. The molecule has 1 aromatic heterocycles. The number of primary amides is 1. The lowest BCUT2D eigenvalue weighted by Crippen LogP contribution is -2.48. The van der Waals surface area contributed by atoms with Crippen LogP contribution in [0.2, 0.25) is 0 Å². The molecule has 0 saturated carbocycles. The molecule has 0 bridgehead atoms. The van der Waals surface area contributed by atoms with E-state index in [1.807, 2.05) is 60.7 Å². The zero-order valence-corrected chi connectivity index (χ0v) is 26.4. The molecule has 3 aromatic carbocycles. The van der Waals surface area contributed by atoms with Gasteiger partial charge in [-0.25, -0.2) is 9.59 Å².